The van der Waals surface area contributed by atoms with Gasteiger partial charge in [-0.05, 0) is 39.5 Å². The minimum atomic E-state index is -0.0407. The maximum absolute atomic E-state index is 6.03. The van der Waals surface area contributed by atoms with Crippen molar-refractivity contribution in [2.75, 3.05) is 25.1 Å². The van der Waals surface area contributed by atoms with Gasteiger partial charge in [0.2, 0.25) is 0 Å². The molecule has 1 atom stereocenters. The summed E-state index contributed by atoms with van der Waals surface area (Å²) in [5, 5.41) is 0. The van der Waals surface area contributed by atoms with Gasteiger partial charge in [-0.3, -0.25) is 4.90 Å². The molecule has 86 valence electrons. The largest absolute Gasteiger partial charge is 0.324 e. The molecule has 1 saturated heterocycles. The Balaban J connectivity index is 0.00000169. The van der Waals surface area contributed by atoms with Gasteiger partial charge in [0.1, 0.15) is 0 Å². The quantitative estimate of drug-likeness (QED) is 0.812. The van der Waals surface area contributed by atoms with E-state index in [1.54, 1.807) is 0 Å². The fourth-order valence-corrected chi connectivity index (χ4v) is 2.77. The van der Waals surface area contributed by atoms with Crippen LogP contribution >= 0.6 is 24.2 Å². The number of hydrogen-bond donors (Lipinski definition) is 1. The van der Waals surface area contributed by atoms with Crippen LogP contribution in [0.15, 0.2) is 0 Å². The molecule has 1 aliphatic heterocycles. The van der Waals surface area contributed by atoms with Gasteiger partial charge in [-0.15, -0.1) is 12.4 Å². The van der Waals surface area contributed by atoms with E-state index < -0.39 is 0 Å². The number of likely N-dealkylation sites (tertiary alicyclic amines) is 1. The Bertz CT molecular complexity index is 159. The fourth-order valence-electron chi connectivity index (χ4n) is 2.01. The number of thioether (sulfide) groups is 1. The summed E-state index contributed by atoms with van der Waals surface area (Å²) < 4.78 is 0. The van der Waals surface area contributed by atoms with E-state index in [2.05, 4.69) is 25.0 Å². The first kappa shape index (κ1) is 14.6. The van der Waals surface area contributed by atoms with E-state index in [-0.39, 0.29) is 17.9 Å². The van der Waals surface area contributed by atoms with Crippen molar-refractivity contribution < 1.29 is 0 Å². The maximum Gasteiger partial charge on any atom is 0.0226 e. The van der Waals surface area contributed by atoms with Crippen LogP contribution in [0.3, 0.4) is 0 Å². The normalized spacial score (nSPS) is 23.6. The minimum absolute atomic E-state index is 0. The third-order valence-corrected chi connectivity index (χ3v) is 3.19. The van der Waals surface area contributed by atoms with E-state index in [1.807, 2.05) is 11.8 Å². The molecule has 1 heterocycles. The standard InChI is InChI=1S/C10H22N2S.ClH/c1-10(2,11)8-12-6-4-5-9(12)7-13-3;/h9H,4-8,11H2,1-3H3;1H. The molecule has 1 rings (SSSR count). The molecule has 0 radical (unpaired) electrons. The van der Waals surface area contributed by atoms with E-state index in [1.165, 1.54) is 25.1 Å². The first-order chi connectivity index (χ1) is 6.03. The molecule has 0 aromatic heterocycles. The second-order valence-electron chi connectivity index (χ2n) is 4.71. The summed E-state index contributed by atoms with van der Waals surface area (Å²) in [6, 6.07) is 0.776. The van der Waals surface area contributed by atoms with E-state index in [0.29, 0.717) is 0 Å². The minimum Gasteiger partial charge on any atom is -0.324 e. The van der Waals surface area contributed by atoms with Crippen LogP contribution in [0.1, 0.15) is 26.7 Å². The molecule has 1 fully saturated rings. The zero-order valence-electron chi connectivity index (χ0n) is 9.45. The third kappa shape index (κ3) is 4.87. The van der Waals surface area contributed by atoms with Crippen molar-refractivity contribution in [2.45, 2.75) is 38.3 Å². The summed E-state index contributed by atoms with van der Waals surface area (Å²) in [7, 11) is 0. The van der Waals surface area contributed by atoms with Gasteiger partial charge < -0.3 is 5.73 Å². The summed E-state index contributed by atoms with van der Waals surface area (Å²) in [4.78, 5) is 2.55. The van der Waals surface area contributed by atoms with E-state index >= 15 is 0 Å². The van der Waals surface area contributed by atoms with E-state index in [9.17, 15) is 0 Å². The van der Waals surface area contributed by atoms with E-state index in [4.69, 9.17) is 5.73 Å². The first-order valence-electron chi connectivity index (χ1n) is 5.05. The molecule has 0 aromatic carbocycles. The Morgan fingerprint density at radius 2 is 2.14 bits per heavy atom. The second kappa shape index (κ2) is 6.21. The van der Waals surface area contributed by atoms with Gasteiger partial charge in [0.25, 0.3) is 0 Å². The Morgan fingerprint density at radius 3 is 2.64 bits per heavy atom. The van der Waals surface area contributed by atoms with Crippen LogP contribution in [0.4, 0.5) is 0 Å². The average molecular weight is 239 g/mol. The highest BCUT2D eigenvalue weighted by molar-refractivity contribution is 7.98. The van der Waals surface area contributed by atoms with Crippen LogP contribution < -0.4 is 5.73 Å². The van der Waals surface area contributed by atoms with E-state index in [0.717, 1.165) is 12.6 Å². The molecular formula is C10H23ClN2S. The lowest BCUT2D eigenvalue weighted by Crippen LogP contribution is -2.47. The number of nitrogens with zero attached hydrogens (tertiary/aromatic N) is 1. The van der Waals surface area contributed by atoms with Crippen LogP contribution in [0.2, 0.25) is 0 Å². The van der Waals surface area contributed by atoms with Crippen LogP contribution in [0, 0.1) is 0 Å². The average Bonchev–Trinajstić information content (AvgIpc) is 2.34. The van der Waals surface area contributed by atoms with Crippen molar-refractivity contribution in [1.82, 2.24) is 4.90 Å². The molecule has 2 nitrogen and oxygen atoms in total. The van der Waals surface area contributed by atoms with Crippen LogP contribution in [0.25, 0.3) is 0 Å². The lowest BCUT2D eigenvalue weighted by molar-refractivity contribution is 0.223. The lowest BCUT2D eigenvalue weighted by atomic mass is 10.1. The predicted molar refractivity (Wildman–Crippen MR) is 68.5 cm³/mol. The molecule has 1 unspecified atom stereocenters. The van der Waals surface area contributed by atoms with Gasteiger partial charge in [0.05, 0.1) is 0 Å². The van der Waals surface area contributed by atoms with Gasteiger partial charge in [0.15, 0.2) is 0 Å². The molecule has 1 aliphatic rings. The van der Waals surface area contributed by atoms with Gasteiger partial charge in [0, 0.05) is 23.9 Å². The number of halogens is 1. The molecule has 4 heteroatoms. The van der Waals surface area contributed by atoms with Crippen LogP contribution in [0.5, 0.6) is 0 Å². The summed E-state index contributed by atoms with van der Waals surface area (Å²) >= 11 is 1.95. The zero-order chi connectivity index (χ0) is 9.90. The topological polar surface area (TPSA) is 29.3 Å². The van der Waals surface area contributed by atoms with Gasteiger partial charge in [-0.2, -0.15) is 11.8 Å². The predicted octanol–water partition coefficient (Wildman–Crippen LogP) is 1.97. The SMILES string of the molecule is CSCC1CCCN1CC(C)(C)N.Cl. The Morgan fingerprint density at radius 1 is 1.50 bits per heavy atom. The summed E-state index contributed by atoms with van der Waals surface area (Å²) in [6.45, 7) is 6.51. The number of hydrogen-bond acceptors (Lipinski definition) is 3. The highest BCUT2D eigenvalue weighted by atomic mass is 35.5. The Labute approximate surface area is 98.4 Å². The first-order valence-corrected chi connectivity index (χ1v) is 6.44. The number of nitrogens with two attached hydrogens (primary N) is 1. The number of rotatable bonds is 4. The highest BCUT2D eigenvalue weighted by Crippen LogP contribution is 2.21. The Hall–Kier alpha value is 0.560. The van der Waals surface area contributed by atoms with Gasteiger partial charge in [-0.1, -0.05) is 0 Å². The van der Waals surface area contributed by atoms with Crippen molar-refractivity contribution in [3.05, 3.63) is 0 Å². The Kier molecular flexibility index (Phi) is 6.46. The maximum atomic E-state index is 6.03. The summed E-state index contributed by atoms with van der Waals surface area (Å²) in [6.07, 6.45) is 4.89. The molecular weight excluding hydrogens is 216 g/mol. The van der Waals surface area contributed by atoms with Crippen molar-refractivity contribution in [2.24, 2.45) is 5.73 Å². The monoisotopic (exact) mass is 238 g/mol. The molecule has 2 N–H and O–H groups in total. The van der Waals surface area contributed by atoms with Crippen LogP contribution in [-0.2, 0) is 0 Å². The van der Waals surface area contributed by atoms with Gasteiger partial charge in [-0.25, -0.2) is 0 Å². The fraction of sp³-hybridized carbons (Fsp3) is 1.00. The molecule has 14 heavy (non-hydrogen) atoms. The summed E-state index contributed by atoms with van der Waals surface area (Å²) in [5.74, 6) is 1.26. The summed E-state index contributed by atoms with van der Waals surface area (Å²) in [5.41, 5.74) is 5.98. The molecule has 0 amide bonds. The van der Waals surface area contributed by atoms with Crippen molar-refractivity contribution in [3.63, 3.8) is 0 Å². The zero-order valence-corrected chi connectivity index (χ0v) is 11.1. The van der Waals surface area contributed by atoms with Crippen molar-refractivity contribution in [1.29, 1.82) is 0 Å². The molecule has 0 aromatic rings. The molecule has 0 spiro atoms. The van der Waals surface area contributed by atoms with Gasteiger partial charge >= 0.3 is 0 Å². The van der Waals surface area contributed by atoms with Crippen molar-refractivity contribution in [3.8, 4) is 0 Å². The lowest BCUT2D eigenvalue weighted by Gasteiger charge is -2.30. The second-order valence-corrected chi connectivity index (χ2v) is 5.62. The smallest absolute Gasteiger partial charge is 0.0226 e. The molecule has 0 aliphatic carbocycles. The third-order valence-electron chi connectivity index (χ3n) is 2.47. The van der Waals surface area contributed by atoms with Crippen molar-refractivity contribution >= 4 is 24.2 Å². The molecule has 0 bridgehead atoms. The van der Waals surface area contributed by atoms with Crippen LogP contribution in [-0.4, -0.2) is 41.6 Å². The molecule has 0 saturated carbocycles. The highest BCUT2D eigenvalue weighted by Gasteiger charge is 2.27.